The van der Waals surface area contributed by atoms with E-state index in [1.54, 1.807) is 4.90 Å². The number of thiophene rings is 1. The molecule has 1 aliphatic rings. The van der Waals surface area contributed by atoms with Gasteiger partial charge in [-0.1, -0.05) is 12.1 Å². The van der Waals surface area contributed by atoms with Crippen molar-refractivity contribution in [3.05, 3.63) is 33.6 Å². The number of anilines is 1. The van der Waals surface area contributed by atoms with Gasteiger partial charge >= 0.3 is 18.0 Å². The first-order valence-corrected chi connectivity index (χ1v) is 11.0. The first-order chi connectivity index (χ1) is 14.8. The van der Waals surface area contributed by atoms with Crippen LogP contribution in [0.15, 0.2) is 28.7 Å². The number of benzene rings is 1. The van der Waals surface area contributed by atoms with Crippen LogP contribution in [0.5, 0.6) is 5.75 Å². The van der Waals surface area contributed by atoms with E-state index in [1.807, 2.05) is 24.3 Å². The Morgan fingerprint density at radius 3 is 2.58 bits per heavy atom. The first kappa shape index (κ1) is 22.9. The van der Waals surface area contributed by atoms with Crippen LogP contribution in [0.3, 0.4) is 0 Å². The van der Waals surface area contributed by atoms with E-state index in [9.17, 15) is 19.5 Å². The molecule has 9 nitrogen and oxygen atoms in total. The molecule has 11 heteroatoms. The highest BCUT2D eigenvalue weighted by molar-refractivity contribution is 9.10. The van der Waals surface area contributed by atoms with Gasteiger partial charge in [0.25, 0.3) is 0 Å². The van der Waals surface area contributed by atoms with Crippen molar-refractivity contribution < 1.29 is 34.1 Å². The molecular formula is C20H21BrN2O7S. The second-order valence-corrected chi connectivity index (χ2v) is 8.66. The molecule has 1 amide bonds. The molecule has 0 radical (unpaired) electrons. The van der Waals surface area contributed by atoms with Gasteiger partial charge in [-0.15, -0.1) is 11.3 Å². The molecule has 0 spiro atoms. The van der Waals surface area contributed by atoms with Crippen LogP contribution in [0.2, 0.25) is 0 Å². The first-order valence-electron chi connectivity index (χ1n) is 9.40. The van der Waals surface area contributed by atoms with Crippen molar-refractivity contribution in [3.63, 3.8) is 0 Å². The van der Waals surface area contributed by atoms with E-state index in [-0.39, 0.29) is 22.8 Å². The standard InChI is InChI=1S/C20H21BrN2O7S/c1-29-20(28)23-7-5-12(6-8-23)22-13-4-2-3-11(9-13)17-15(21)16(30-10-14(24)25)18(31-17)19(26)27/h2-4,9,12,22H,5-8,10H2,1H3,(H,24,25)(H,26,27). The van der Waals surface area contributed by atoms with Crippen LogP contribution in [-0.4, -0.2) is 66.0 Å². The number of carboxylic acid groups (broad SMARTS) is 2. The number of hydrogen-bond donors (Lipinski definition) is 3. The number of halogens is 1. The highest BCUT2D eigenvalue weighted by Crippen LogP contribution is 2.46. The number of nitrogens with zero attached hydrogens (tertiary/aromatic N) is 1. The van der Waals surface area contributed by atoms with E-state index in [4.69, 9.17) is 14.6 Å². The SMILES string of the molecule is COC(=O)N1CCC(Nc2cccc(-c3sc(C(=O)O)c(OCC(=O)O)c3Br)c2)CC1. The third kappa shape index (κ3) is 5.47. The van der Waals surface area contributed by atoms with E-state index in [0.29, 0.717) is 22.4 Å². The number of nitrogens with one attached hydrogen (secondary N) is 1. The maximum Gasteiger partial charge on any atom is 0.409 e. The van der Waals surface area contributed by atoms with Crippen LogP contribution >= 0.6 is 27.3 Å². The molecule has 2 aromatic rings. The van der Waals surface area contributed by atoms with Gasteiger partial charge in [-0.3, -0.25) is 0 Å². The van der Waals surface area contributed by atoms with E-state index >= 15 is 0 Å². The van der Waals surface area contributed by atoms with Crippen molar-refractivity contribution >= 4 is 51.0 Å². The Kier molecular flexibility index (Phi) is 7.39. The molecule has 2 heterocycles. The van der Waals surface area contributed by atoms with E-state index in [2.05, 4.69) is 21.2 Å². The Morgan fingerprint density at radius 1 is 1.26 bits per heavy atom. The number of ether oxygens (including phenoxy) is 2. The number of carbonyl (C=O) groups is 3. The zero-order valence-corrected chi connectivity index (χ0v) is 19.0. The molecule has 1 aliphatic heterocycles. The summed E-state index contributed by atoms with van der Waals surface area (Å²) in [5.41, 5.74) is 1.63. The zero-order chi connectivity index (χ0) is 22.5. The zero-order valence-electron chi connectivity index (χ0n) is 16.6. The molecule has 0 atom stereocenters. The highest BCUT2D eigenvalue weighted by atomic mass is 79.9. The second-order valence-electron chi connectivity index (χ2n) is 6.85. The van der Waals surface area contributed by atoms with Crippen molar-refractivity contribution in [1.82, 2.24) is 4.90 Å². The average Bonchev–Trinajstić information content (AvgIpc) is 3.09. The highest BCUT2D eigenvalue weighted by Gasteiger charge is 2.25. The molecule has 3 N–H and O–H groups in total. The number of hydrogen-bond acceptors (Lipinski definition) is 7. The number of aliphatic carboxylic acids is 1. The van der Waals surface area contributed by atoms with Gasteiger partial charge in [0.05, 0.1) is 16.5 Å². The minimum Gasteiger partial charge on any atom is -0.479 e. The molecule has 1 saturated heterocycles. The van der Waals surface area contributed by atoms with Gasteiger partial charge in [0.1, 0.15) is 0 Å². The average molecular weight is 513 g/mol. The van der Waals surface area contributed by atoms with Gasteiger partial charge in [-0.05, 0) is 46.5 Å². The van der Waals surface area contributed by atoms with E-state index < -0.39 is 18.5 Å². The second kappa shape index (κ2) is 10.0. The summed E-state index contributed by atoms with van der Waals surface area (Å²) in [6.45, 7) is 0.570. The Balaban J connectivity index is 1.77. The smallest absolute Gasteiger partial charge is 0.409 e. The Labute approximate surface area is 190 Å². The maximum absolute atomic E-state index is 11.6. The summed E-state index contributed by atoms with van der Waals surface area (Å²) in [5.74, 6) is -2.38. The fraction of sp³-hybridized carbons (Fsp3) is 0.350. The molecule has 3 rings (SSSR count). The van der Waals surface area contributed by atoms with Gasteiger partial charge in [-0.25, -0.2) is 14.4 Å². The third-order valence-electron chi connectivity index (χ3n) is 4.77. The lowest BCUT2D eigenvalue weighted by Gasteiger charge is -2.31. The van der Waals surface area contributed by atoms with Gasteiger partial charge in [0.2, 0.25) is 0 Å². The summed E-state index contributed by atoms with van der Waals surface area (Å²) in [4.78, 5) is 36.3. The number of carbonyl (C=O) groups excluding carboxylic acids is 1. The van der Waals surface area contributed by atoms with E-state index in [0.717, 1.165) is 35.4 Å². The fourth-order valence-electron chi connectivity index (χ4n) is 3.31. The van der Waals surface area contributed by atoms with Gasteiger partial charge in [0.15, 0.2) is 17.2 Å². The molecular weight excluding hydrogens is 492 g/mol. The lowest BCUT2D eigenvalue weighted by molar-refractivity contribution is -0.139. The summed E-state index contributed by atoms with van der Waals surface area (Å²) >= 11 is 4.38. The van der Waals surface area contributed by atoms with Crippen molar-refractivity contribution in [2.24, 2.45) is 0 Å². The lowest BCUT2D eigenvalue weighted by Crippen LogP contribution is -2.42. The number of methoxy groups -OCH3 is 1. The fourth-order valence-corrected chi connectivity index (χ4v) is 5.19. The van der Waals surface area contributed by atoms with Crippen LogP contribution in [0, 0.1) is 0 Å². The monoisotopic (exact) mass is 512 g/mol. The van der Waals surface area contributed by atoms with Crippen molar-refractivity contribution in [1.29, 1.82) is 0 Å². The summed E-state index contributed by atoms with van der Waals surface area (Å²) < 4.78 is 10.4. The molecule has 1 aromatic carbocycles. The summed E-state index contributed by atoms with van der Waals surface area (Å²) in [6.07, 6.45) is 1.23. The normalized spacial score (nSPS) is 14.2. The minimum absolute atomic E-state index is 0.00319. The molecule has 166 valence electrons. The summed E-state index contributed by atoms with van der Waals surface area (Å²) in [5, 5.41) is 21.8. The van der Waals surface area contributed by atoms with Crippen molar-refractivity contribution in [2.75, 3.05) is 32.1 Å². The van der Waals surface area contributed by atoms with E-state index in [1.165, 1.54) is 7.11 Å². The Bertz CT molecular complexity index is 986. The van der Waals surface area contributed by atoms with Crippen LogP contribution in [0.25, 0.3) is 10.4 Å². The predicted octanol–water partition coefficient (Wildman–Crippen LogP) is 3.98. The predicted molar refractivity (Wildman–Crippen MR) is 118 cm³/mol. The molecule has 0 unspecified atom stereocenters. The van der Waals surface area contributed by atoms with Gasteiger partial charge in [-0.2, -0.15) is 0 Å². The molecule has 31 heavy (non-hydrogen) atoms. The maximum atomic E-state index is 11.6. The lowest BCUT2D eigenvalue weighted by atomic mass is 10.0. The number of rotatable bonds is 7. The van der Waals surface area contributed by atoms with Gasteiger partial charge in [0, 0.05) is 24.8 Å². The van der Waals surface area contributed by atoms with Crippen LogP contribution < -0.4 is 10.1 Å². The number of piperidine rings is 1. The molecule has 1 fully saturated rings. The molecule has 1 aromatic heterocycles. The van der Waals surface area contributed by atoms with Crippen LogP contribution in [-0.2, 0) is 9.53 Å². The van der Waals surface area contributed by atoms with Crippen molar-refractivity contribution in [2.45, 2.75) is 18.9 Å². The van der Waals surface area contributed by atoms with Crippen LogP contribution in [0.1, 0.15) is 22.5 Å². The number of aromatic carboxylic acids is 1. The topological polar surface area (TPSA) is 125 Å². The quantitative estimate of drug-likeness (QED) is 0.508. The minimum atomic E-state index is -1.19. The largest absolute Gasteiger partial charge is 0.479 e. The number of carboxylic acids is 2. The summed E-state index contributed by atoms with van der Waals surface area (Å²) in [7, 11) is 1.37. The number of amides is 1. The third-order valence-corrected chi connectivity index (χ3v) is 6.99. The molecule has 0 aliphatic carbocycles. The molecule has 0 saturated carbocycles. The van der Waals surface area contributed by atoms with Crippen LogP contribution in [0.4, 0.5) is 10.5 Å². The summed E-state index contributed by atoms with van der Waals surface area (Å²) in [6, 6.07) is 7.69. The Hall–Kier alpha value is -2.79. The Morgan fingerprint density at radius 2 is 1.97 bits per heavy atom. The molecule has 0 bridgehead atoms. The van der Waals surface area contributed by atoms with Gasteiger partial charge < -0.3 is 29.9 Å². The number of likely N-dealkylation sites (tertiary alicyclic amines) is 1. The van der Waals surface area contributed by atoms with Crippen molar-refractivity contribution in [3.8, 4) is 16.2 Å².